The summed E-state index contributed by atoms with van der Waals surface area (Å²) in [6.45, 7) is 0. The third kappa shape index (κ3) is 3.31. The number of rotatable bonds is 3. The molecule has 1 unspecified atom stereocenters. The van der Waals surface area contributed by atoms with E-state index in [0.29, 0.717) is 0 Å². The van der Waals surface area contributed by atoms with E-state index in [1.165, 1.54) is 0 Å². The molecule has 0 spiro atoms. The van der Waals surface area contributed by atoms with Crippen molar-refractivity contribution in [1.29, 1.82) is 0 Å². The topological polar surface area (TPSA) is 66.4 Å². The highest BCUT2D eigenvalue weighted by Crippen LogP contribution is 2.26. The average molecular weight is 253 g/mol. The first kappa shape index (κ1) is 12.7. The van der Waals surface area contributed by atoms with Gasteiger partial charge < -0.3 is 9.29 Å². The quantitative estimate of drug-likeness (QED) is 0.606. The van der Waals surface area contributed by atoms with E-state index in [1.807, 2.05) is 0 Å². The Labute approximate surface area is 90.3 Å². The standard InChI is InChI=1S/C8H5F3O4S/c9-8(10,11)15-7-2-1-6(16(13)14)3-5(7)4-12/h1-4H,(H,13,14)/p-1. The Bertz CT molecular complexity index is 430. The van der Waals surface area contributed by atoms with Crippen LogP contribution < -0.4 is 4.74 Å². The van der Waals surface area contributed by atoms with Crippen LogP contribution in [0.1, 0.15) is 10.4 Å². The average Bonchev–Trinajstić information content (AvgIpc) is 2.15. The number of carbonyl (C=O) groups excluding carboxylic acids is 1. The van der Waals surface area contributed by atoms with E-state index in [0.717, 1.165) is 18.2 Å². The first-order valence-corrected chi connectivity index (χ1v) is 4.85. The molecule has 8 heteroatoms. The van der Waals surface area contributed by atoms with Gasteiger partial charge in [-0.05, 0) is 29.3 Å². The van der Waals surface area contributed by atoms with Gasteiger partial charge in [0.25, 0.3) is 0 Å². The Morgan fingerprint density at radius 3 is 2.44 bits per heavy atom. The van der Waals surface area contributed by atoms with Gasteiger partial charge in [0, 0.05) is 4.90 Å². The van der Waals surface area contributed by atoms with Gasteiger partial charge in [-0.3, -0.25) is 9.00 Å². The van der Waals surface area contributed by atoms with Crippen LogP contribution in [0, 0.1) is 0 Å². The van der Waals surface area contributed by atoms with E-state index in [-0.39, 0.29) is 11.2 Å². The Morgan fingerprint density at radius 2 is 2.00 bits per heavy atom. The molecule has 0 aliphatic carbocycles. The summed E-state index contributed by atoms with van der Waals surface area (Å²) in [5.41, 5.74) is -0.487. The molecule has 1 aromatic carbocycles. The highest BCUT2D eigenvalue weighted by molar-refractivity contribution is 7.79. The van der Waals surface area contributed by atoms with Crippen LogP contribution in [0.4, 0.5) is 13.2 Å². The molecule has 0 saturated carbocycles. The van der Waals surface area contributed by atoms with Crippen molar-refractivity contribution in [1.82, 2.24) is 0 Å². The monoisotopic (exact) mass is 253 g/mol. The number of alkyl halides is 3. The van der Waals surface area contributed by atoms with Crippen molar-refractivity contribution in [2.75, 3.05) is 0 Å². The minimum Gasteiger partial charge on any atom is -0.768 e. The van der Waals surface area contributed by atoms with Crippen molar-refractivity contribution in [3.63, 3.8) is 0 Å². The summed E-state index contributed by atoms with van der Waals surface area (Å²) in [6, 6.07) is 2.46. The third-order valence-electron chi connectivity index (χ3n) is 1.53. The fraction of sp³-hybridized carbons (Fsp3) is 0.125. The smallest absolute Gasteiger partial charge is 0.573 e. The molecule has 16 heavy (non-hydrogen) atoms. The summed E-state index contributed by atoms with van der Waals surface area (Å²) in [6.07, 6.45) is -4.85. The second-order valence-corrected chi connectivity index (χ2v) is 3.54. The zero-order valence-electron chi connectivity index (χ0n) is 7.48. The number of ether oxygens (including phenoxy) is 1. The van der Waals surface area contributed by atoms with Crippen molar-refractivity contribution >= 4 is 17.4 Å². The zero-order valence-corrected chi connectivity index (χ0v) is 8.30. The second kappa shape index (κ2) is 4.62. The molecular weight excluding hydrogens is 249 g/mol. The van der Waals surface area contributed by atoms with E-state index in [9.17, 15) is 26.7 Å². The third-order valence-corrected chi connectivity index (χ3v) is 2.17. The molecule has 0 amide bonds. The summed E-state index contributed by atoms with van der Waals surface area (Å²) < 4.78 is 60.1. The number of hydrogen-bond acceptors (Lipinski definition) is 4. The predicted molar refractivity (Wildman–Crippen MR) is 45.7 cm³/mol. The van der Waals surface area contributed by atoms with Crippen molar-refractivity contribution in [3.05, 3.63) is 23.8 Å². The predicted octanol–water partition coefficient (Wildman–Crippen LogP) is 1.64. The molecule has 1 atom stereocenters. The van der Waals surface area contributed by atoms with Crippen LogP contribution in [-0.2, 0) is 11.1 Å². The van der Waals surface area contributed by atoms with Gasteiger partial charge in [0.1, 0.15) is 5.75 Å². The highest BCUT2D eigenvalue weighted by Gasteiger charge is 2.32. The van der Waals surface area contributed by atoms with Gasteiger partial charge >= 0.3 is 6.36 Å². The lowest BCUT2D eigenvalue weighted by molar-refractivity contribution is -0.274. The van der Waals surface area contributed by atoms with Gasteiger partial charge in [0.2, 0.25) is 0 Å². The van der Waals surface area contributed by atoms with E-state index in [1.54, 1.807) is 0 Å². The number of hydrogen-bond donors (Lipinski definition) is 0. The van der Waals surface area contributed by atoms with Gasteiger partial charge in [-0.2, -0.15) is 0 Å². The molecule has 0 aliphatic rings. The molecule has 4 nitrogen and oxygen atoms in total. The normalized spacial score (nSPS) is 13.2. The molecule has 0 radical (unpaired) electrons. The summed E-state index contributed by atoms with van der Waals surface area (Å²) in [4.78, 5) is 10.1. The number of halogens is 3. The van der Waals surface area contributed by atoms with Crippen LogP contribution in [0.3, 0.4) is 0 Å². The van der Waals surface area contributed by atoms with E-state index in [2.05, 4.69) is 4.74 Å². The van der Waals surface area contributed by atoms with Crippen LogP contribution in [0.25, 0.3) is 0 Å². The summed E-state index contributed by atoms with van der Waals surface area (Å²) in [5.74, 6) is -0.739. The second-order valence-electron chi connectivity index (χ2n) is 2.60. The molecule has 0 saturated heterocycles. The van der Waals surface area contributed by atoms with E-state index < -0.39 is 28.8 Å². The lowest BCUT2D eigenvalue weighted by Gasteiger charge is -2.12. The van der Waals surface area contributed by atoms with Gasteiger partial charge in [-0.25, -0.2) is 0 Å². The van der Waals surface area contributed by atoms with Crippen molar-refractivity contribution in [3.8, 4) is 5.75 Å². The molecule has 0 aliphatic heterocycles. The molecule has 1 aromatic rings. The van der Waals surface area contributed by atoms with Crippen LogP contribution >= 0.6 is 0 Å². The maximum atomic E-state index is 11.9. The minimum atomic E-state index is -4.93. The Balaban J connectivity index is 3.12. The molecule has 1 rings (SSSR count). The molecular formula is C8H4F3O4S-. The first-order chi connectivity index (χ1) is 7.33. The maximum absolute atomic E-state index is 11.9. The SMILES string of the molecule is O=Cc1cc(S(=O)[O-])ccc1OC(F)(F)F. The fourth-order valence-corrected chi connectivity index (χ4v) is 1.34. The van der Waals surface area contributed by atoms with Gasteiger partial charge in [0.15, 0.2) is 6.29 Å². The van der Waals surface area contributed by atoms with Gasteiger partial charge in [-0.1, -0.05) is 0 Å². The Kier molecular flexibility index (Phi) is 3.66. The Morgan fingerprint density at radius 1 is 1.38 bits per heavy atom. The molecule has 0 heterocycles. The molecule has 0 fully saturated rings. The minimum absolute atomic E-state index is 0.0808. The van der Waals surface area contributed by atoms with Crippen molar-refractivity contribution < 1.29 is 31.5 Å². The number of carbonyl (C=O) groups is 1. The van der Waals surface area contributed by atoms with E-state index >= 15 is 0 Å². The maximum Gasteiger partial charge on any atom is 0.573 e. The molecule has 0 aromatic heterocycles. The molecule has 0 bridgehead atoms. The summed E-state index contributed by atoms with van der Waals surface area (Å²) in [7, 11) is 0. The van der Waals surface area contributed by atoms with Gasteiger partial charge in [0.05, 0.1) is 5.56 Å². The van der Waals surface area contributed by atoms with Crippen LogP contribution in [0.5, 0.6) is 5.75 Å². The lowest BCUT2D eigenvalue weighted by Crippen LogP contribution is -2.18. The van der Waals surface area contributed by atoms with Crippen molar-refractivity contribution in [2.45, 2.75) is 11.3 Å². The van der Waals surface area contributed by atoms with Gasteiger partial charge in [-0.15, -0.1) is 13.2 Å². The number of aldehydes is 1. The Hall–Kier alpha value is -1.41. The largest absolute Gasteiger partial charge is 0.768 e. The zero-order chi connectivity index (χ0) is 12.3. The van der Waals surface area contributed by atoms with Crippen LogP contribution in [-0.4, -0.2) is 21.4 Å². The van der Waals surface area contributed by atoms with Crippen LogP contribution in [0.2, 0.25) is 0 Å². The van der Waals surface area contributed by atoms with E-state index in [4.69, 9.17) is 0 Å². The lowest BCUT2D eigenvalue weighted by atomic mass is 10.2. The fourth-order valence-electron chi connectivity index (χ4n) is 0.940. The first-order valence-electron chi connectivity index (χ1n) is 3.78. The molecule has 0 N–H and O–H groups in total. The van der Waals surface area contributed by atoms with Crippen LogP contribution in [0.15, 0.2) is 23.1 Å². The number of benzene rings is 1. The molecule has 88 valence electrons. The van der Waals surface area contributed by atoms with Crippen molar-refractivity contribution in [2.24, 2.45) is 0 Å². The summed E-state index contributed by atoms with van der Waals surface area (Å²) >= 11 is -2.62. The summed E-state index contributed by atoms with van der Waals surface area (Å²) in [5, 5.41) is 0. The highest BCUT2D eigenvalue weighted by atomic mass is 32.2.